The first-order valence-electron chi connectivity index (χ1n) is 7.81. The van der Waals surface area contributed by atoms with Crippen molar-refractivity contribution in [3.05, 3.63) is 30.4 Å². The summed E-state index contributed by atoms with van der Waals surface area (Å²) in [6.07, 6.45) is 7.72. The quantitative estimate of drug-likeness (QED) is 0.787. The Morgan fingerprint density at radius 2 is 2.13 bits per heavy atom. The molecule has 0 N–H and O–H groups in total. The molecule has 1 aliphatic rings. The Labute approximate surface area is 137 Å². The van der Waals surface area contributed by atoms with E-state index >= 15 is 0 Å². The first-order valence-corrected chi connectivity index (χ1v) is 9.63. The van der Waals surface area contributed by atoms with Gasteiger partial charge in [0.25, 0.3) is 0 Å². The fourth-order valence-electron chi connectivity index (χ4n) is 2.59. The van der Waals surface area contributed by atoms with Gasteiger partial charge >= 0.3 is 0 Å². The summed E-state index contributed by atoms with van der Waals surface area (Å²) in [6.45, 7) is 4.81. The highest BCUT2D eigenvalue weighted by atomic mass is 32.2. The zero-order valence-corrected chi connectivity index (χ0v) is 14.4. The Balaban J connectivity index is 1.87. The number of amides is 1. The van der Waals surface area contributed by atoms with Crippen LogP contribution in [0.1, 0.15) is 32.4 Å². The Bertz CT molecular complexity index is 669. The fourth-order valence-corrected chi connectivity index (χ4v) is 4.25. The molecule has 1 aromatic heterocycles. The van der Waals surface area contributed by atoms with E-state index in [9.17, 15) is 13.2 Å². The molecule has 0 aliphatic carbocycles. The zero-order valence-electron chi connectivity index (χ0n) is 13.6. The molecule has 0 saturated heterocycles. The average Bonchev–Trinajstić information content (AvgIpc) is 2.52. The van der Waals surface area contributed by atoms with Crippen LogP contribution in [0.3, 0.4) is 0 Å². The van der Waals surface area contributed by atoms with Gasteiger partial charge in [-0.05, 0) is 17.9 Å². The zero-order chi connectivity index (χ0) is 16.9. The summed E-state index contributed by atoms with van der Waals surface area (Å²) < 4.78 is 23.7. The summed E-state index contributed by atoms with van der Waals surface area (Å²) in [5, 5.41) is 0. The topological polar surface area (TPSA) is 80.2 Å². The third-order valence-corrected chi connectivity index (χ3v) is 5.67. The third-order valence-electron chi connectivity index (χ3n) is 3.67. The summed E-state index contributed by atoms with van der Waals surface area (Å²) >= 11 is 0. The van der Waals surface area contributed by atoms with Crippen LogP contribution in [0, 0.1) is 5.92 Å². The van der Waals surface area contributed by atoms with Crippen molar-refractivity contribution in [1.82, 2.24) is 14.9 Å². The molecule has 126 valence electrons. The molecule has 2 rings (SSSR count). The van der Waals surface area contributed by atoms with Crippen LogP contribution in [0.15, 0.2) is 24.7 Å². The number of carbonyl (C=O) groups is 1. The lowest BCUT2D eigenvalue weighted by atomic mass is 10.1. The average molecular weight is 337 g/mol. The van der Waals surface area contributed by atoms with E-state index in [4.69, 9.17) is 0 Å². The molecule has 2 heterocycles. The van der Waals surface area contributed by atoms with Crippen molar-refractivity contribution in [3.8, 4) is 0 Å². The molecule has 1 aromatic rings. The van der Waals surface area contributed by atoms with Crippen molar-refractivity contribution >= 4 is 21.3 Å². The minimum absolute atomic E-state index is 0.0589. The van der Waals surface area contributed by atoms with Crippen molar-refractivity contribution in [2.24, 2.45) is 5.92 Å². The van der Waals surface area contributed by atoms with Gasteiger partial charge in [0.2, 0.25) is 5.91 Å². The SMILES string of the molecule is CC(C)CS(=O)(=O)CCC(=O)N1CC=C(c2cnccn2)CC1. The van der Waals surface area contributed by atoms with Crippen LogP contribution >= 0.6 is 0 Å². The molecule has 0 saturated carbocycles. The van der Waals surface area contributed by atoms with Gasteiger partial charge in [0.15, 0.2) is 9.84 Å². The molecule has 0 bridgehead atoms. The summed E-state index contributed by atoms with van der Waals surface area (Å²) in [5.41, 5.74) is 1.91. The van der Waals surface area contributed by atoms with E-state index in [0.29, 0.717) is 19.5 Å². The number of carbonyl (C=O) groups excluding carboxylic acids is 1. The van der Waals surface area contributed by atoms with Gasteiger partial charge in [-0.25, -0.2) is 8.42 Å². The van der Waals surface area contributed by atoms with E-state index in [1.807, 2.05) is 19.9 Å². The monoisotopic (exact) mass is 337 g/mol. The molecule has 1 amide bonds. The lowest BCUT2D eigenvalue weighted by Gasteiger charge is -2.26. The normalized spacial score (nSPS) is 15.6. The molecule has 0 unspecified atom stereocenters. The number of nitrogens with zero attached hydrogens (tertiary/aromatic N) is 3. The van der Waals surface area contributed by atoms with E-state index < -0.39 is 9.84 Å². The van der Waals surface area contributed by atoms with Crippen LogP contribution in [-0.2, 0) is 14.6 Å². The molecule has 0 radical (unpaired) electrons. The van der Waals surface area contributed by atoms with Crippen molar-refractivity contribution in [3.63, 3.8) is 0 Å². The van der Waals surface area contributed by atoms with Gasteiger partial charge < -0.3 is 4.90 Å². The van der Waals surface area contributed by atoms with E-state index in [0.717, 1.165) is 11.3 Å². The van der Waals surface area contributed by atoms with Gasteiger partial charge in [0, 0.05) is 31.9 Å². The summed E-state index contributed by atoms with van der Waals surface area (Å²) in [4.78, 5) is 22.2. The molecule has 0 fully saturated rings. The summed E-state index contributed by atoms with van der Waals surface area (Å²) in [6, 6.07) is 0. The summed E-state index contributed by atoms with van der Waals surface area (Å²) in [7, 11) is -3.15. The Morgan fingerprint density at radius 1 is 1.35 bits per heavy atom. The molecular formula is C16H23N3O3S. The number of hydrogen-bond donors (Lipinski definition) is 0. The van der Waals surface area contributed by atoms with Crippen molar-refractivity contribution < 1.29 is 13.2 Å². The van der Waals surface area contributed by atoms with Gasteiger partial charge in [-0.1, -0.05) is 19.9 Å². The maximum Gasteiger partial charge on any atom is 0.223 e. The first kappa shape index (κ1) is 17.6. The van der Waals surface area contributed by atoms with Crippen LogP contribution in [0.5, 0.6) is 0 Å². The lowest BCUT2D eigenvalue weighted by molar-refractivity contribution is -0.130. The number of rotatable bonds is 6. The largest absolute Gasteiger partial charge is 0.339 e. The predicted octanol–water partition coefficient (Wildman–Crippen LogP) is 1.55. The Hall–Kier alpha value is -1.76. The van der Waals surface area contributed by atoms with Gasteiger partial charge in [-0.3, -0.25) is 14.8 Å². The second-order valence-electron chi connectivity index (χ2n) is 6.17. The summed E-state index contributed by atoms with van der Waals surface area (Å²) in [5.74, 6) is 0.0486. The van der Waals surface area contributed by atoms with Gasteiger partial charge in [-0.15, -0.1) is 0 Å². The van der Waals surface area contributed by atoms with E-state index in [-0.39, 0.29) is 29.8 Å². The second kappa shape index (κ2) is 7.68. The maximum absolute atomic E-state index is 12.2. The van der Waals surface area contributed by atoms with Gasteiger partial charge in [-0.2, -0.15) is 0 Å². The smallest absolute Gasteiger partial charge is 0.223 e. The van der Waals surface area contributed by atoms with Crippen molar-refractivity contribution in [1.29, 1.82) is 0 Å². The van der Waals surface area contributed by atoms with Crippen LogP contribution < -0.4 is 0 Å². The fraction of sp³-hybridized carbons (Fsp3) is 0.562. The van der Waals surface area contributed by atoms with E-state index in [1.165, 1.54) is 0 Å². The highest BCUT2D eigenvalue weighted by Crippen LogP contribution is 2.20. The maximum atomic E-state index is 12.2. The Kier molecular flexibility index (Phi) is 5.87. The standard InChI is InChI=1S/C16H23N3O3S/c1-13(2)12-23(21,22)10-5-16(20)19-8-3-14(4-9-19)15-11-17-6-7-18-15/h3,6-7,11,13H,4-5,8-10,12H2,1-2H3. The van der Waals surface area contributed by atoms with Crippen LogP contribution in [0.25, 0.3) is 5.57 Å². The molecule has 23 heavy (non-hydrogen) atoms. The minimum Gasteiger partial charge on any atom is -0.339 e. The molecular weight excluding hydrogens is 314 g/mol. The van der Waals surface area contributed by atoms with Crippen LogP contribution in [0.4, 0.5) is 0 Å². The first-order chi connectivity index (χ1) is 10.9. The third kappa shape index (κ3) is 5.42. The number of aromatic nitrogens is 2. The molecule has 7 heteroatoms. The van der Waals surface area contributed by atoms with E-state index in [2.05, 4.69) is 9.97 Å². The van der Waals surface area contributed by atoms with Gasteiger partial charge in [0.05, 0.1) is 23.4 Å². The minimum atomic E-state index is -3.15. The number of hydrogen-bond acceptors (Lipinski definition) is 5. The molecule has 0 atom stereocenters. The van der Waals surface area contributed by atoms with Crippen LogP contribution in [-0.4, -0.2) is 53.8 Å². The highest BCUT2D eigenvalue weighted by Gasteiger charge is 2.21. The molecule has 1 aliphatic heterocycles. The molecule has 6 nitrogen and oxygen atoms in total. The molecule has 0 aromatic carbocycles. The van der Waals surface area contributed by atoms with Crippen molar-refractivity contribution in [2.45, 2.75) is 26.7 Å². The van der Waals surface area contributed by atoms with Gasteiger partial charge in [0.1, 0.15) is 0 Å². The molecule has 0 spiro atoms. The van der Waals surface area contributed by atoms with Crippen molar-refractivity contribution in [2.75, 3.05) is 24.6 Å². The highest BCUT2D eigenvalue weighted by molar-refractivity contribution is 7.91. The Morgan fingerprint density at radius 3 is 2.70 bits per heavy atom. The predicted molar refractivity (Wildman–Crippen MR) is 89.3 cm³/mol. The van der Waals surface area contributed by atoms with Crippen LogP contribution in [0.2, 0.25) is 0 Å². The number of sulfone groups is 1. The van der Waals surface area contributed by atoms with E-state index in [1.54, 1.807) is 23.5 Å². The lowest BCUT2D eigenvalue weighted by Crippen LogP contribution is -2.36. The second-order valence-corrected chi connectivity index (χ2v) is 8.40.